The lowest BCUT2D eigenvalue weighted by Gasteiger charge is -2.19. The van der Waals surface area contributed by atoms with E-state index in [1.165, 1.54) is 11.3 Å². The molecule has 24 heavy (non-hydrogen) atoms. The predicted octanol–water partition coefficient (Wildman–Crippen LogP) is 3.65. The van der Waals surface area contributed by atoms with E-state index in [2.05, 4.69) is 28.3 Å². The summed E-state index contributed by atoms with van der Waals surface area (Å²) in [5.41, 5.74) is 2.77. The molecular formula is C19H21N3OS. The number of amides is 1. The molecule has 3 aromatic rings. The minimum Gasteiger partial charge on any atom is -0.352 e. The van der Waals surface area contributed by atoms with E-state index in [1.807, 2.05) is 24.3 Å². The Bertz CT molecular complexity index is 866. The van der Waals surface area contributed by atoms with E-state index < -0.39 is 0 Å². The van der Waals surface area contributed by atoms with Crippen molar-refractivity contribution in [3.8, 4) is 0 Å². The normalized spacial score (nSPS) is 17.0. The Balaban J connectivity index is 1.49. The molecule has 4 rings (SSSR count). The van der Waals surface area contributed by atoms with Gasteiger partial charge < -0.3 is 9.88 Å². The number of carbonyl (C=O) groups excluding carboxylic acids is 1. The summed E-state index contributed by atoms with van der Waals surface area (Å²) < 4.78 is 2.30. The quantitative estimate of drug-likeness (QED) is 0.789. The molecule has 0 spiro atoms. The summed E-state index contributed by atoms with van der Waals surface area (Å²) in [6.45, 7) is 3.96. The zero-order valence-corrected chi connectivity index (χ0v) is 14.6. The van der Waals surface area contributed by atoms with Gasteiger partial charge in [-0.1, -0.05) is 13.0 Å². The van der Waals surface area contributed by atoms with Gasteiger partial charge in [0.1, 0.15) is 5.82 Å². The van der Waals surface area contributed by atoms with Gasteiger partial charge >= 0.3 is 0 Å². The molecule has 3 heterocycles. The number of aryl methyl sites for hydroxylation is 1. The van der Waals surface area contributed by atoms with Crippen LogP contribution in [0.15, 0.2) is 35.7 Å². The van der Waals surface area contributed by atoms with Crippen molar-refractivity contribution in [2.75, 3.05) is 6.54 Å². The highest BCUT2D eigenvalue weighted by Gasteiger charge is 2.19. The zero-order chi connectivity index (χ0) is 16.5. The summed E-state index contributed by atoms with van der Waals surface area (Å²) in [6.07, 6.45) is 3.10. The van der Waals surface area contributed by atoms with Crippen molar-refractivity contribution in [1.82, 2.24) is 14.9 Å². The Morgan fingerprint density at radius 3 is 3.17 bits per heavy atom. The lowest BCUT2D eigenvalue weighted by atomic mass is 10.0. The van der Waals surface area contributed by atoms with Crippen LogP contribution < -0.4 is 5.32 Å². The Hall–Kier alpha value is -2.14. The van der Waals surface area contributed by atoms with Crippen molar-refractivity contribution in [1.29, 1.82) is 0 Å². The lowest BCUT2D eigenvalue weighted by molar-refractivity contribution is 0.0954. The number of fused-ring (bicyclic) bond motifs is 3. The highest BCUT2D eigenvalue weighted by Crippen LogP contribution is 2.25. The van der Waals surface area contributed by atoms with E-state index in [-0.39, 0.29) is 5.91 Å². The molecule has 5 heteroatoms. The number of rotatable bonds is 4. The fraction of sp³-hybridized carbons (Fsp3) is 0.368. The number of hydrogen-bond acceptors (Lipinski definition) is 3. The van der Waals surface area contributed by atoms with E-state index in [4.69, 9.17) is 4.98 Å². The zero-order valence-electron chi connectivity index (χ0n) is 13.8. The van der Waals surface area contributed by atoms with Crippen LogP contribution in [0.25, 0.3) is 11.0 Å². The fourth-order valence-electron chi connectivity index (χ4n) is 3.35. The van der Waals surface area contributed by atoms with Crippen molar-refractivity contribution < 1.29 is 4.79 Å². The lowest BCUT2D eigenvalue weighted by Crippen LogP contribution is -2.25. The van der Waals surface area contributed by atoms with Crippen LogP contribution in [0.3, 0.4) is 0 Å². The van der Waals surface area contributed by atoms with Gasteiger partial charge in [-0.15, -0.1) is 11.3 Å². The summed E-state index contributed by atoms with van der Waals surface area (Å²) in [5, 5.41) is 5.07. The standard InChI is InChI=1S/C19H21N3OS/c1-13-7-9-22-17-5-4-14(12-16(17)21-18(22)11-13)19(23)20-8-6-15-3-2-10-24-15/h2-5,10,12-13H,6-9,11H2,1H3,(H,20,23). The maximum atomic E-state index is 12.4. The molecule has 1 N–H and O–H groups in total. The van der Waals surface area contributed by atoms with Crippen molar-refractivity contribution in [3.63, 3.8) is 0 Å². The molecule has 0 fully saturated rings. The van der Waals surface area contributed by atoms with Gasteiger partial charge in [0.25, 0.3) is 5.91 Å². The molecule has 2 aromatic heterocycles. The predicted molar refractivity (Wildman–Crippen MR) is 97.6 cm³/mol. The minimum atomic E-state index is -0.0206. The molecule has 124 valence electrons. The number of aromatic nitrogens is 2. The molecule has 0 saturated heterocycles. The van der Waals surface area contributed by atoms with Crippen LogP contribution in [0, 0.1) is 5.92 Å². The molecule has 1 atom stereocenters. The Kier molecular flexibility index (Phi) is 4.10. The SMILES string of the molecule is CC1CCn2c(nc3cc(C(=O)NCCc4cccs4)ccc32)C1. The second-order valence-corrected chi connectivity index (χ2v) is 7.60. The van der Waals surface area contributed by atoms with E-state index in [0.29, 0.717) is 18.0 Å². The average Bonchev–Trinajstić information content (AvgIpc) is 3.20. The molecule has 1 aliphatic rings. The molecule has 4 nitrogen and oxygen atoms in total. The molecule has 0 bridgehead atoms. The topological polar surface area (TPSA) is 46.9 Å². The van der Waals surface area contributed by atoms with Gasteiger partial charge in [0.15, 0.2) is 0 Å². The first-order valence-corrected chi connectivity index (χ1v) is 9.38. The van der Waals surface area contributed by atoms with Gasteiger partial charge in [0.2, 0.25) is 0 Å². The van der Waals surface area contributed by atoms with Crippen LogP contribution in [0.2, 0.25) is 0 Å². The molecule has 1 aliphatic heterocycles. The van der Waals surface area contributed by atoms with Crippen molar-refractivity contribution in [2.45, 2.75) is 32.7 Å². The number of benzene rings is 1. The fourth-order valence-corrected chi connectivity index (χ4v) is 4.05. The van der Waals surface area contributed by atoms with Gasteiger partial charge in [-0.05, 0) is 48.4 Å². The summed E-state index contributed by atoms with van der Waals surface area (Å²) in [4.78, 5) is 18.4. The maximum Gasteiger partial charge on any atom is 0.251 e. The van der Waals surface area contributed by atoms with Crippen LogP contribution >= 0.6 is 11.3 Å². The summed E-state index contributed by atoms with van der Waals surface area (Å²) in [5.74, 6) is 1.82. The minimum absolute atomic E-state index is 0.0206. The van der Waals surface area contributed by atoms with E-state index in [0.717, 1.165) is 36.2 Å². The van der Waals surface area contributed by atoms with Crippen LogP contribution in [0.4, 0.5) is 0 Å². The van der Waals surface area contributed by atoms with Gasteiger partial charge in [-0.25, -0.2) is 4.98 Å². The van der Waals surface area contributed by atoms with Crippen molar-refractivity contribution in [2.24, 2.45) is 5.92 Å². The van der Waals surface area contributed by atoms with Crippen LogP contribution in [-0.2, 0) is 19.4 Å². The largest absolute Gasteiger partial charge is 0.352 e. The highest BCUT2D eigenvalue weighted by molar-refractivity contribution is 7.09. The summed E-state index contributed by atoms with van der Waals surface area (Å²) >= 11 is 1.72. The number of nitrogens with zero attached hydrogens (tertiary/aromatic N) is 2. The average molecular weight is 339 g/mol. The first-order chi connectivity index (χ1) is 11.7. The summed E-state index contributed by atoms with van der Waals surface area (Å²) in [7, 11) is 0. The number of thiophene rings is 1. The molecule has 1 unspecified atom stereocenters. The first kappa shape index (κ1) is 15.4. The Morgan fingerprint density at radius 2 is 2.33 bits per heavy atom. The summed E-state index contributed by atoms with van der Waals surface area (Å²) in [6, 6.07) is 10.0. The van der Waals surface area contributed by atoms with E-state index in [1.54, 1.807) is 11.3 Å². The Labute approximate surface area is 145 Å². The molecule has 0 saturated carbocycles. The van der Waals surface area contributed by atoms with Gasteiger partial charge in [-0.3, -0.25) is 4.79 Å². The highest BCUT2D eigenvalue weighted by atomic mass is 32.1. The number of imidazole rings is 1. The molecular weight excluding hydrogens is 318 g/mol. The molecule has 0 aliphatic carbocycles. The molecule has 1 amide bonds. The first-order valence-electron chi connectivity index (χ1n) is 8.50. The maximum absolute atomic E-state index is 12.4. The van der Waals surface area contributed by atoms with Gasteiger partial charge in [0, 0.05) is 30.0 Å². The third-order valence-electron chi connectivity index (χ3n) is 4.70. The number of nitrogens with one attached hydrogen (secondary N) is 1. The van der Waals surface area contributed by atoms with Gasteiger partial charge in [-0.2, -0.15) is 0 Å². The number of hydrogen-bond donors (Lipinski definition) is 1. The van der Waals surface area contributed by atoms with Gasteiger partial charge in [0.05, 0.1) is 11.0 Å². The second-order valence-electron chi connectivity index (χ2n) is 6.57. The third-order valence-corrected chi connectivity index (χ3v) is 5.64. The van der Waals surface area contributed by atoms with E-state index in [9.17, 15) is 4.79 Å². The monoisotopic (exact) mass is 339 g/mol. The molecule has 0 radical (unpaired) electrons. The third kappa shape index (κ3) is 2.96. The number of carbonyl (C=O) groups is 1. The second kappa shape index (κ2) is 6.40. The van der Waals surface area contributed by atoms with E-state index >= 15 is 0 Å². The van der Waals surface area contributed by atoms with Crippen LogP contribution in [0.5, 0.6) is 0 Å². The van der Waals surface area contributed by atoms with Crippen LogP contribution in [-0.4, -0.2) is 22.0 Å². The Morgan fingerprint density at radius 1 is 1.42 bits per heavy atom. The molecule has 1 aromatic carbocycles. The van der Waals surface area contributed by atoms with Crippen LogP contribution in [0.1, 0.15) is 34.4 Å². The van der Waals surface area contributed by atoms with Crippen molar-refractivity contribution in [3.05, 3.63) is 52.0 Å². The van der Waals surface area contributed by atoms with Crippen molar-refractivity contribution >= 4 is 28.3 Å². The smallest absolute Gasteiger partial charge is 0.251 e.